The predicted molar refractivity (Wildman–Crippen MR) is 115 cm³/mol. The Morgan fingerprint density at radius 1 is 1.30 bits per heavy atom. The second-order valence-electron chi connectivity index (χ2n) is 8.95. The molecule has 0 unspecified atom stereocenters. The van der Waals surface area contributed by atoms with Gasteiger partial charge in [0.25, 0.3) is 0 Å². The van der Waals surface area contributed by atoms with Crippen molar-refractivity contribution < 1.29 is 19.1 Å². The summed E-state index contributed by atoms with van der Waals surface area (Å²) < 4.78 is 5.22. The molecule has 1 amide bonds. The Balaban J connectivity index is 1.86. The highest BCUT2D eigenvalue weighted by Gasteiger charge is 2.31. The summed E-state index contributed by atoms with van der Waals surface area (Å²) in [4.78, 5) is 41.5. The first-order valence-corrected chi connectivity index (χ1v) is 10.3. The van der Waals surface area contributed by atoms with Crippen LogP contribution in [0.2, 0.25) is 0 Å². The van der Waals surface area contributed by atoms with Crippen LogP contribution in [0.3, 0.4) is 0 Å². The van der Waals surface area contributed by atoms with Gasteiger partial charge in [-0.05, 0) is 51.7 Å². The monoisotopic (exact) mass is 417 g/mol. The van der Waals surface area contributed by atoms with Crippen LogP contribution < -0.4 is 16.0 Å². The van der Waals surface area contributed by atoms with E-state index < -0.39 is 23.7 Å². The normalized spacial score (nSPS) is 17.6. The lowest BCUT2D eigenvalue weighted by molar-refractivity contribution is -0.153. The number of carbonyl (C=O) groups excluding carboxylic acids is 3. The number of amides is 1. The number of nitrogens with zero attached hydrogens (tertiary/aromatic N) is 1. The van der Waals surface area contributed by atoms with Crippen molar-refractivity contribution in [2.24, 2.45) is 5.92 Å². The Kier molecular flexibility index (Phi) is 7.95. The minimum Gasteiger partial charge on any atom is -0.459 e. The molecule has 8 heteroatoms. The molecule has 165 valence electrons. The molecule has 0 spiro atoms. The highest BCUT2D eigenvalue weighted by atomic mass is 16.6. The summed E-state index contributed by atoms with van der Waals surface area (Å²) >= 11 is 0. The summed E-state index contributed by atoms with van der Waals surface area (Å²) in [6, 6.07) is 2.40. The highest BCUT2D eigenvalue weighted by Crippen LogP contribution is 2.24. The first kappa shape index (κ1) is 23.8. The maximum Gasteiger partial charge on any atom is 0.320 e. The van der Waals surface area contributed by atoms with Crippen LogP contribution in [0.1, 0.15) is 47.1 Å². The quantitative estimate of drug-likeness (QED) is 0.524. The highest BCUT2D eigenvalue weighted by molar-refractivity contribution is 5.97. The van der Waals surface area contributed by atoms with E-state index in [4.69, 9.17) is 4.74 Å². The number of rotatable bonds is 9. The number of pyridine rings is 1. The number of nitrogens with one attached hydrogen (secondary N) is 3. The van der Waals surface area contributed by atoms with Gasteiger partial charge in [0.2, 0.25) is 5.91 Å². The summed E-state index contributed by atoms with van der Waals surface area (Å²) in [7, 11) is 0. The molecule has 0 fully saturated rings. The van der Waals surface area contributed by atoms with Gasteiger partial charge in [-0.1, -0.05) is 19.9 Å². The second-order valence-corrected chi connectivity index (χ2v) is 8.95. The number of ether oxygens (including phenoxy) is 1. The van der Waals surface area contributed by atoms with Crippen molar-refractivity contribution in [3.05, 3.63) is 30.3 Å². The maximum absolute atomic E-state index is 12.8. The van der Waals surface area contributed by atoms with E-state index in [2.05, 4.69) is 20.9 Å². The van der Waals surface area contributed by atoms with E-state index in [-0.39, 0.29) is 30.2 Å². The fourth-order valence-electron chi connectivity index (χ4n) is 3.15. The van der Waals surface area contributed by atoms with Crippen molar-refractivity contribution in [2.75, 3.05) is 11.9 Å². The Labute approximate surface area is 178 Å². The molecule has 1 aliphatic rings. The topological polar surface area (TPSA) is 109 Å². The molecular weight excluding hydrogens is 384 g/mol. The Morgan fingerprint density at radius 3 is 2.60 bits per heavy atom. The molecule has 0 aromatic carbocycles. The number of anilines is 1. The standard InChI is InChI=1S/C22H33N4O4/c1-13(2)19(17(27)11-16-10-15-8-7-9-23-20(15)25-16)26-21(29)14(3)24-12-18(28)30-22(4,5)6/h7-9,11,13-14,16,19,24H,10,12H2,1-6H3,(H,23,25)(H,26,29)/t14-,16-,19-/m0/s1. The van der Waals surface area contributed by atoms with Gasteiger partial charge in [-0.25, -0.2) is 4.98 Å². The summed E-state index contributed by atoms with van der Waals surface area (Å²) in [5.74, 6) is -0.229. The molecule has 1 aliphatic heterocycles. The lowest BCUT2D eigenvalue weighted by Crippen LogP contribution is -2.52. The second kappa shape index (κ2) is 10.0. The molecule has 0 saturated carbocycles. The summed E-state index contributed by atoms with van der Waals surface area (Å²) in [6.07, 6.45) is 4.01. The fraction of sp³-hybridized carbons (Fsp3) is 0.591. The van der Waals surface area contributed by atoms with Crippen LogP contribution in [0.25, 0.3) is 0 Å². The third-order valence-corrected chi connectivity index (χ3v) is 4.66. The number of hydrogen-bond acceptors (Lipinski definition) is 7. The van der Waals surface area contributed by atoms with E-state index in [1.165, 1.54) is 0 Å². The largest absolute Gasteiger partial charge is 0.459 e. The molecule has 1 aromatic rings. The van der Waals surface area contributed by atoms with Gasteiger partial charge < -0.3 is 15.4 Å². The molecular formula is C22H33N4O4. The van der Waals surface area contributed by atoms with E-state index in [1.54, 1.807) is 40.3 Å². The van der Waals surface area contributed by atoms with Crippen molar-refractivity contribution >= 4 is 23.5 Å². The van der Waals surface area contributed by atoms with Gasteiger partial charge in [-0.15, -0.1) is 0 Å². The van der Waals surface area contributed by atoms with Gasteiger partial charge in [-0.3, -0.25) is 19.7 Å². The van der Waals surface area contributed by atoms with Crippen LogP contribution >= 0.6 is 0 Å². The maximum atomic E-state index is 12.8. The summed E-state index contributed by atoms with van der Waals surface area (Å²) in [6.45, 7) is 10.7. The summed E-state index contributed by atoms with van der Waals surface area (Å²) in [5.41, 5.74) is 0.482. The minimum atomic E-state index is -0.651. The Bertz CT molecular complexity index is 748. The third-order valence-electron chi connectivity index (χ3n) is 4.66. The van der Waals surface area contributed by atoms with Gasteiger partial charge in [0.15, 0.2) is 5.78 Å². The lowest BCUT2D eigenvalue weighted by Gasteiger charge is -2.25. The lowest BCUT2D eigenvalue weighted by atomic mass is 9.94. The van der Waals surface area contributed by atoms with E-state index in [1.807, 2.05) is 26.0 Å². The molecule has 3 N–H and O–H groups in total. The van der Waals surface area contributed by atoms with Gasteiger partial charge in [0.1, 0.15) is 11.4 Å². The average Bonchev–Trinajstić information content (AvgIpc) is 3.04. The zero-order valence-corrected chi connectivity index (χ0v) is 18.6. The molecule has 30 heavy (non-hydrogen) atoms. The summed E-state index contributed by atoms with van der Waals surface area (Å²) in [5, 5.41) is 8.87. The Hall–Kier alpha value is -2.48. The number of esters is 1. The van der Waals surface area contributed by atoms with Crippen LogP contribution in [0, 0.1) is 12.3 Å². The zero-order valence-electron chi connectivity index (χ0n) is 18.6. The molecule has 3 atom stereocenters. The molecule has 8 nitrogen and oxygen atoms in total. The van der Waals surface area contributed by atoms with Crippen molar-refractivity contribution in [3.8, 4) is 0 Å². The van der Waals surface area contributed by atoms with E-state index in [9.17, 15) is 14.4 Å². The number of aromatic nitrogens is 1. The first-order chi connectivity index (χ1) is 14.0. The van der Waals surface area contributed by atoms with Gasteiger partial charge in [0, 0.05) is 12.2 Å². The number of ketones is 1. The SMILES string of the molecule is CC(C)[C@H](NC(=O)[C@H](C)NCC(=O)OC(C)(C)C)C(=O)[CH][C@@H]1Cc2cccnc2N1. The number of fused-ring (bicyclic) bond motifs is 1. The van der Waals surface area contributed by atoms with Crippen LogP contribution in [0.4, 0.5) is 5.82 Å². The van der Waals surface area contributed by atoms with E-state index in [0.717, 1.165) is 11.4 Å². The number of hydrogen-bond donors (Lipinski definition) is 3. The molecule has 0 bridgehead atoms. The number of Topliss-reactive ketones (excluding diaryl/α,β-unsaturated/α-hetero) is 1. The van der Waals surface area contributed by atoms with Crippen LogP contribution in [-0.4, -0.2) is 52.9 Å². The van der Waals surface area contributed by atoms with Crippen molar-refractivity contribution in [2.45, 2.75) is 71.7 Å². The van der Waals surface area contributed by atoms with Gasteiger partial charge in [0.05, 0.1) is 25.0 Å². The van der Waals surface area contributed by atoms with Crippen molar-refractivity contribution in [1.29, 1.82) is 0 Å². The average molecular weight is 418 g/mol. The molecule has 2 rings (SSSR count). The van der Waals surface area contributed by atoms with E-state index in [0.29, 0.717) is 6.42 Å². The smallest absolute Gasteiger partial charge is 0.320 e. The third kappa shape index (κ3) is 7.09. The predicted octanol–water partition coefficient (Wildman–Crippen LogP) is 1.65. The van der Waals surface area contributed by atoms with Crippen LogP contribution in [-0.2, 0) is 25.5 Å². The fourth-order valence-corrected chi connectivity index (χ4v) is 3.15. The molecule has 2 heterocycles. The van der Waals surface area contributed by atoms with Crippen LogP contribution in [0.5, 0.6) is 0 Å². The minimum absolute atomic E-state index is 0.0855. The number of carbonyl (C=O) groups is 3. The van der Waals surface area contributed by atoms with Crippen molar-refractivity contribution in [1.82, 2.24) is 15.6 Å². The van der Waals surface area contributed by atoms with Crippen molar-refractivity contribution in [3.63, 3.8) is 0 Å². The molecule has 1 aromatic heterocycles. The Morgan fingerprint density at radius 2 is 2.00 bits per heavy atom. The molecule has 0 saturated heterocycles. The molecule has 0 aliphatic carbocycles. The van der Waals surface area contributed by atoms with E-state index >= 15 is 0 Å². The van der Waals surface area contributed by atoms with Gasteiger partial charge in [-0.2, -0.15) is 0 Å². The zero-order chi connectivity index (χ0) is 22.5. The first-order valence-electron chi connectivity index (χ1n) is 10.3. The van der Waals surface area contributed by atoms with Gasteiger partial charge >= 0.3 is 5.97 Å². The van der Waals surface area contributed by atoms with Crippen LogP contribution in [0.15, 0.2) is 18.3 Å². The molecule has 1 radical (unpaired) electrons.